The summed E-state index contributed by atoms with van der Waals surface area (Å²) in [6.07, 6.45) is 0.800. The molecule has 0 radical (unpaired) electrons. The number of halogens is 1. The highest BCUT2D eigenvalue weighted by Gasteiger charge is 2.19. The van der Waals surface area contributed by atoms with Gasteiger partial charge >= 0.3 is 0 Å². The number of aryl methyl sites for hydroxylation is 2. The van der Waals surface area contributed by atoms with Crippen molar-refractivity contribution in [1.29, 1.82) is 0 Å². The summed E-state index contributed by atoms with van der Waals surface area (Å²) >= 11 is 0. The molecule has 0 bridgehead atoms. The number of sulfonamides is 1. The minimum absolute atomic E-state index is 0. The molecule has 2 rings (SSSR count). The summed E-state index contributed by atoms with van der Waals surface area (Å²) in [6.45, 7) is 4.92. The number of carbonyl (C=O) groups excluding carboxylic acids is 1. The first-order valence-corrected chi connectivity index (χ1v) is 9.95. The number of nitrogens with one attached hydrogen (secondary N) is 3. The third kappa shape index (κ3) is 6.53. The number of anilines is 1. The Hall–Kier alpha value is -2.09. The first-order valence-electron chi connectivity index (χ1n) is 8.46. The highest BCUT2D eigenvalue weighted by molar-refractivity contribution is 7.92. The van der Waals surface area contributed by atoms with Gasteiger partial charge in [0, 0.05) is 17.8 Å². The lowest BCUT2D eigenvalue weighted by atomic mass is 10.1. The molecule has 0 atom stereocenters. The van der Waals surface area contributed by atoms with E-state index in [-0.39, 0.29) is 23.2 Å². The molecule has 2 aromatic rings. The lowest BCUT2D eigenvalue weighted by Crippen LogP contribution is -2.27. The molecular formula is C19H26ClN3O3S. The summed E-state index contributed by atoms with van der Waals surface area (Å²) in [5, 5.41) is 5.80. The van der Waals surface area contributed by atoms with Gasteiger partial charge in [-0.2, -0.15) is 0 Å². The third-order valence-electron chi connectivity index (χ3n) is 3.90. The van der Waals surface area contributed by atoms with Crippen LogP contribution >= 0.6 is 12.4 Å². The lowest BCUT2D eigenvalue weighted by molar-refractivity contribution is 0.0953. The molecule has 0 aliphatic rings. The molecule has 0 saturated heterocycles. The Morgan fingerprint density at radius 1 is 1.04 bits per heavy atom. The minimum Gasteiger partial charge on any atom is -0.352 e. The number of amides is 1. The molecular weight excluding hydrogens is 386 g/mol. The van der Waals surface area contributed by atoms with Crippen molar-refractivity contribution in [3.8, 4) is 0 Å². The van der Waals surface area contributed by atoms with Gasteiger partial charge in [0.05, 0.1) is 4.90 Å². The van der Waals surface area contributed by atoms with E-state index in [1.165, 1.54) is 6.07 Å². The van der Waals surface area contributed by atoms with E-state index >= 15 is 0 Å². The van der Waals surface area contributed by atoms with Crippen LogP contribution in [0.15, 0.2) is 47.4 Å². The quantitative estimate of drug-likeness (QED) is 0.583. The van der Waals surface area contributed by atoms with Gasteiger partial charge < -0.3 is 10.6 Å². The summed E-state index contributed by atoms with van der Waals surface area (Å²) in [5.74, 6) is -0.284. The molecule has 8 heteroatoms. The predicted molar refractivity (Wildman–Crippen MR) is 111 cm³/mol. The molecule has 6 nitrogen and oxygen atoms in total. The molecule has 1 amide bonds. The van der Waals surface area contributed by atoms with Crippen molar-refractivity contribution in [2.75, 3.05) is 24.9 Å². The van der Waals surface area contributed by atoms with Gasteiger partial charge in [0.15, 0.2) is 0 Å². The van der Waals surface area contributed by atoms with Crippen LogP contribution in [0.25, 0.3) is 0 Å². The molecule has 3 N–H and O–H groups in total. The molecule has 148 valence electrons. The highest BCUT2D eigenvalue weighted by atomic mass is 35.5. The van der Waals surface area contributed by atoms with Gasteiger partial charge in [-0.25, -0.2) is 8.42 Å². The van der Waals surface area contributed by atoms with Gasteiger partial charge in [-0.3, -0.25) is 9.52 Å². The number of rotatable bonds is 8. The zero-order valence-electron chi connectivity index (χ0n) is 15.7. The average Bonchev–Trinajstić information content (AvgIpc) is 2.58. The van der Waals surface area contributed by atoms with Crippen LogP contribution in [0, 0.1) is 13.8 Å². The van der Waals surface area contributed by atoms with Gasteiger partial charge in [-0.05, 0) is 69.3 Å². The third-order valence-corrected chi connectivity index (χ3v) is 5.42. The Morgan fingerprint density at radius 3 is 2.44 bits per heavy atom. The fourth-order valence-electron chi connectivity index (χ4n) is 2.52. The van der Waals surface area contributed by atoms with Crippen LogP contribution in [0.3, 0.4) is 0 Å². The average molecular weight is 412 g/mol. The number of hydrogen-bond acceptors (Lipinski definition) is 4. The first kappa shape index (κ1) is 23.0. The van der Waals surface area contributed by atoms with Crippen molar-refractivity contribution >= 4 is 34.0 Å². The van der Waals surface area contributed by atoms with Crippen LogP contribution in [-0.4, -0.2) is 34.5 Å². The zero-order valence-corrected chi connectivity index (χ0v) is 17.3. The monoisotopic (exact) mass is 411 g/mol. The van der Waals surface area contributed by atoms with Crippen molar-refractivity contribution in [2.45, 2.75) is 25.2 Å². The maximum absolute atomic E-state index is 12.8. The van der Waals surface area contributed by atoms with Crippen molar-refractivity contribution in [1.82, 2.24) is 10.6 Å². The van der Waals surface area contributed by atoms with E-state index in [0.717, 1.165) is 18.5 Å². The van der Waals surface area contributed by atoms with Gasteiger partial charge in [0.1, 0.15) is 0 Å². The Bertz CT molecular complexity index is 886. The van der Waals surface area contributed by atoms with Gasteiger partial charge in [0.25, 0.3) is 15.9 Å². The Morgan fingerprint density at radius 2 is 1.78 bits per heavy atom. The molecule has 0 spiro atoms. The lowest BCUT2D eigenvalue weighted by Gasteiger charge is -2.12. The largest absolute Gasteiger partial charge is 0.352 e. The maximum atomic E-state index is 12.8. The second-order valence-corrected chi connectivity index (χ2v) is 7.82. The van der Waals surface area contributed by atoms with Crippen LogP contribution in [0.2, 0.25) is 0 Å². The van der Waals surface area contributed by atoms with E-state index in [0.29, 0.717) is 23.4 Å². The van der Waals surface area contributed by atoms with Crippen LogP contribution < -0.4 is 15.4 Å². The minimum atomic E-state index is -3.79. The van der Waals surface area contributed by atoms with Gasteiger partial charge in [0.2, 0.25) is 0 Å². The molecule has 0 aliphatic carbocycles. The van der Waals surface area contributed by atoms with E-state index in [9.17, 15) is 13.2 Å². The summed E-state index contributed by atoms with van der Waals surface area (Å²) in [5.41, 5.74) is 2.35. The fraction of sp³-hybridized carbons (Fsp3) is 0.316. The fourth-order valence-corrected chi connectivity index (χ4v) is 3.84. The van der Waals surface area contributed by atoms with E-state index in [4.69, 9.17) is 0 Å². The van der Waals surface area contributed by atoms with Gasteiger partial charge in [-0.1, -0.05) is 18.2 Å². The van der Waals surface area contributed by atoms with E-state index < -0.39 is 10.0 Å². The predicted octanol–water partition coefficient (Wildman–Crippen LogP) is 2.87. The topological polar surface area (TPSA) is 87.3 Å². The second kappa shape index (κ2) is 10.3. The Balaban J connectivity index is 0.00000364. The van der Waals surface area contributed by atoms with Crippen molar-refractivity contribution in [2.24, 2.45) is 0 Å². The normalized spacial score (nSPS) is 10.8. The molecule has 0 aromatic heterocycles. The van der Waals surface area contributed by atoms with Crippen molar-refractivity contribution in [3.63, 3.8) is 0 Å². The maximum Gasteiger partial charge on any atom is 0.262 e. The smallest absolute Gasteiger partial charge is 0.262 e. The van der Waals surface area contributed by atoms with Crippen LogP contribution in [0.4, 0.5) is 5.69 Å². The summed E-state index contributed by atoms with van der Waals surface area (Å²) in [6, 6.07) is 11.8. The Kier molecular flexibility index (Phi) is 8.75. The molecule has 0 unspecified atom stereocenters. The van der Waals surface area contributed by atoms with Gasteiger partial charge in [-0.15, -0.1) is 12.4 Å². The van der Waals surface area contributed by atoms with Crippen molar-refractivity contribution < 1.29 is 13.2 Å². The standard InChI is InChI=1S/C19H25N3O3S.ClH/c1-14-6-4-7-17(12-14)22-26(24,25)18-13-16(9-8-15(18)2)19(23)21-11-5-10-20-3;/h4,6-9,12-13,20,22H,5,10-11H2,1-3H3,(H,21,23);1H. The molecule has 2 aromatic carbocycles. The zero-order chi connectivity index (χ0) is 19.2. The van der Waals surface area contributed by atoms with E-state index in [1.807, 2.05) is 20.0 Å². The first-order chi connectivity index (χ1) is 12.3. The molecule has 27 heavy (non-hydrogen) atoms. The van der Waals surface area contributed by atoms with E-state index in [2.05, 4.69) is 15.4 Å². The molecule has 0 heterocycles. The molecule has 0 saturated carbocycles. The molecule has 0 fully saturated rings. The summed E-state index contributed by atoms with van der Waals surface area (Å²) < 4.78 is 28.1. The summed E-state index contributed by atoms with van der Waals surface area (Å²) in [4.78, 5) is 12.4. The number of benzene rings is 2. The Labute approximate surface area is 167 Å². The second-order valence-electron chi connectivity index (χ2n) is 6.17. The highest BCUT2D eigenvalue weighted by Crippen LogP contribution is 2.21. The van der Waals surface area contributed by atoms with Crippen LogP contribution in [-0.2, 0) is 10.0 Å². The number of hydrogen-bond donors (Lipinski definition) is 3. The van der Waals surface area contributed by atoms with E-state index in [1.54, 1.807) is 37.3 Å². The number of carbonyl (C=O) groups is 1. The van der Waals surface area contributed by atoms with Crippen molar-refractivity contribution in [3.05, 3.63) is 59.2 Å². The van der Waals surface area contributed by atoms with Crippen LogP contribution in [0.1, 0.15) is 27.9 Å². The SMILES string of the molecule is CNCCCNC(=O)c1ccc(C)c(S(=O)(=O)Nc2cccc(C)c2)c1.Cl. The summed E-state index contributed by atoms with van der Waals surface area (Å²) in [7, 11) is -1.94. The molecule has 0 aliphatic heterocycles. The van der Waals surface area contributed by atoms with Crippen LogP contribution in [0.5, 0.6) is 0 Å².